The number of rotatable bonds is 9. The summed E-state index contributed by atoms with van der Waals surface area (Å²) in [5.74, 6) is 1.72. The van der Waals surface area contributed by atoms with E-state index in [-0.39, 0.29) is 30.5 Å². The minimum absolute atomic E-state index is 0.0872. The van der Waals surface area contributed by atoms with Crippen molar-refractivity contribution in [3.8, 4) is 0 Å². The van der Waals surface area contributed by atoms with Crippen LogP contribution in [0.15, 0.2) is 0 Å². The van der Waals surface area contributed by atoms with Crippen LogP contribution in [0.4, 0.5) is 0 Å². The first-order valence-electron chi connectivity index (χ1n) is 11.1. The van der Waals surface area contributed by atoms with Gasteiger partial charge in [-0.05, 0) is 62.2 Å². The summed E-state index contributed by atoms with van der Waals surface area (Å²) in [6.07, 6.45) is 8.56. The Morgan fingerprint density at radius 2 is 1.74 bits per heavy atom. The standard InChI is InChI=1S/C23H42O4/c1-6-23(13-7-8-14-23)27-21(25)16-26-15-20(24)19-11-9-18(10-12-19)17(2)22(3,4)5/h17-19,21,25H,6-16H2,1-5H3. The lowest BCUT2D eigenvalue weighted by Gasteiger charge is -2.38. The molecule has 0 saturated heterocycles. The van der Waals surface area contributed by atoms with Gasteiger partial charge >= 0.3 is 0 Å². The van der Waals surface area contributed by atoms with Crippen molar-refractivity contribution in [2.45, 2.75) is 104 Å². The highest BCUT2D eigenvalue weighted by Gasteiger charge is 2.36. The van der Waals surface area contributed by atoms with Crippen molar-refractivity contribution in [1.82, 2.24) is 0 Å². The minimum Gasteiger partial charge on any atom is -0.368 e. The molecule has 2 atom stereocenters. The van der Waals surface area contributed by atoms with Crippen molar-refractivity contribution < 1.29 is 19.4 Å². The average molecular weight is 383 g/mol. The van der Waals surface area contributed by atoms with Gasteiger partial charge in [-0.1, -0.05) is 47.5 Å². The molecule has 2 unspecified atom stereocenters. The lowest BCUT2D eigenvalue weighted by molar-refractivity contribution is -0.206. The predicted octanol–water partition coefficient (Wildman–Crippen LogP) is 5.12. The second kappa shape index (κ2) is 9.84. The Hall–Kier alpha value is -0.450. The van der Waals surface area contributed by atoms with Crippen LogP contribution in [0.5, 0.6) is 0 Å². The van der Waals surface area contributed by atoms with E-state index in [0.29, 0.717) is 11.3 Å². The third kappa shape index (κ3) is 6.54. The molecule has 2 rings (SSSR count). The van der Waals surface area contributed by atoms with Crippen LogP contribution in [0.1, 0.15) is 92.4 Å². The highest BCUT2D eigenvalue weighted by atomic mass is 16.6. The highest BCUT2D eigenvalue weighted by Crippen LogP contribution is 2.41. The first-order valence-corrected chi connectivity index (χ1v) is 11.1. The lowest BCUT2D eigenvalue weighted by Crippen LogP contribution is -2.36. The van der Waals surface area contributed by atoms with Gasteiger partial charge in [-0.2, -0.15) is 0 Å². The largest absolute Gasteiger partial charge is 0.368 e. The van der Waals surface area contributed by atoms with Gasteiger partial charge in [0.05, 0.1) is 12.2 Å². The number of hydrogen-bond acceptors (Lipinski definition) is 4. The van der Waals surface area contributed by atoms with Gasteiger partial charge in [-0.15, -0.1) is 0 Å². The van der Waals surface area contributed by atoms with Gasteiger partial charge in [-0.25, -0.2) is 0 Å². The molecule has 158 valence electrons. The maximum atomic E-state index is 12.5. The zero-order valence-electron chi connectivity index (χ0n) is 18.3. The molecule has 0 aromatic carbocycles. The third-order valence-electron chi connectivity index (χ3n) is 7.35. The fourth-order valence-corrected chi connectivity index (χ4v) is 4.92. The Morgan fingerprint density at radius 1 is 1.15 bits per heavy atom. The normalized spacial score (nSPS) is 28.1. The molecule has 0 radical (unpaired) electrons. The van der Waals surface area contributed by atoms with Crippen LogP contribution in [-0.4, -0.2) is 36.0 Å². The third-order valence-corrected chi connectivity index (χ3v) is 7.35. The molecule has 0 spiro atoms. The monoisotopic (exact) mass is 382 g/mol. The maximum Gasteiger partial charge on any atom is 0.178 e. The van der Waals surface area contributed by atoms with Gasteiger partial charge in [-0.3, -0.25) is 4.79 Å². The van der Waals surface area contributed by atoms with E-state index in [9.17, 15) is 9.90 Å². The van der Waals surface area contributed by atoms with E-state index in [1.54, 1.807) is 0 Å². The summed E-state index contributed by atoms with van der Waals surface area (Å²) in [6, 6.07) is 0. The number of ketones is 1. The first-order chi connectivity index (χ1) is 12.7. The van der Waals surface area contributed by atoms with E-state index in [1.165, 1.54) is 0 Å². The van der Waals surface area contributed by atoms with Crippen LogP contribution in [0.3, 0.4) is 0 Å². The molecule has 2 saturated carbocycles. The number of ether oxygens (including phenoxy) is 2. The predicted molar refractivity (Wildman–Crippen MR) is 108 cm³/mol. The fraction of sp³-hybridized carbons (Fsp3) is 0.957. The van der Waals surface area contributed by atoms with Gasteiger partial charge in [0.15, 0.2) is 12.1 Å². The number of aliphatic hydroxyl groups is 1. The van der Waals surface area contributed by atoms with Crippen LogP contribution in [-0.2, 0) is 14.3 Å². The van der Waals surface area contributed by atoms with E-state index in [1.807, 2.05) is 0 Å². The van der Waals surface area contributed by atoms with Crippen molar-refractivity contribution >= 4 is 5.78 Å². The Morgan fingerprint density at radius 3 is 2.26 bits per heavy atom. The van der Waals surface area contributed by atoms with Crippen molar-refractivity contribution in [3.63, 3.8) is 0 Å². The van der Waals surface area contributed by atoms with E-state index in [2.05, 4.69) is 34.6 Å². The second-order valence-electron chi connectivity index (χ2n) is 10.1. The minimum atomic E-state index is -0.931. The molecule has 2 aliphatic rings. The van der Waals surface area contributed by atoms with Gasteiger partial charge in [0.25, 0.3) is 0 Å². The topological polar surface area (TPSA) is 55.8 Å². The number of hydrogen-bond donors (Lipinski definition) is 1. The van der Waals surface area contributed by atoms with Gasteiger partial charge in [0, 0.05) is 5.92 Å². The van der Waals surface area contributed by atoms with Crippen molar-refractivity contribution in [3.05, 3.63) is 0 Å². The molecule has 4 heteroatoms. The molecule has 0 aromatic rings. The van der Waals surface area contributed by atoms with Crippen LogP contribution >= 0.6 is 0 Å². The maximum absolute atomic E-state index is 12.5. The van der Waals surface area contributed by atoms with E-state index >= 15 is 0 Å². The second-order valence-corrected chi connectivity index (χ2v) is 10.1. The average Bonchev–Trinajstić information content (AvgIpc) is 3.09. The van der Waals surface area contributed by atoms with E-state index < -0.39 is 6.29 Å². The molecule has 27 heavy (non-hydrogen) atoms. The fourth-order valence-electron chi connectivity index (χ4n) is 4.92. The zero-order valence-corrected chi connectivity index (χ0v) is 18.3. The molecule has 2 fully saturated rings. The number of carbonyl (C=O) groups excluding carboxylic acids is 1. The zero-order chi connectivity index (χ0) is 20.1. The number of Topliss-reactive ketones (excluding diaryl/α,β-unsaturated/α-hetero) is 1. The summed E-state index contributed by atoms with van der Waals surface area (Å²) >= 11 is 0. The SMILES string of the molecule is CCC1(OC(O)COCC(=O)C2CCC(C(C)C(C)(C)C)CC2)CCCC1. The summed E-state index contributed by atoms with van der Waals surface area (Å²) in [4.78, 5) is 12.5. The lowest BCUT2D eigenvalue weighted by atomic mass is 9.67. The van der Waals surface area contributed by atoms with Gasteiger partial charge in [0.1, 0.15) is 6.61 Å². The summed E-state index contributed by atoms with van der Waals surface area (Å²) in [6.45, 7) is 11.6. The Balaban J connectivity index is 1.66. The number of carbonyl (C=O) groups is 1. The molecular weight excluding hydrogens is 340 g/mol. The van der Waals surface area contributed by atoms with Crippen molar-refractivity contribution in [2.24, 2.45) is 23.2 Å². The molecule has 0 aromatic heterocycles. The molecule has 0 amide bonds. The van der Waals surface area contributed by atoms with Crippen LogP contribution in [0.2, 0.25) is 0 Å². The molecule has 0 heterocycles. The van der Waals surface area contributed by atoms with Crippen molar-refractivity contribution in [2.75, 3.05) is 13.2 Å². The summed E-state index contributed by atoms with van der Waals surface area (Å²) in [7, 11) is 0. The molecule has 2 aliphatic carbocycles. The van der Waals surface area contributed by atoms with Crippen LogP contribution in [0, 0.1) is 23.2 Å². The first kappa shape index (κ1) is 22.8. The van der Waals surface area contributed by atoms with Gasteiger partial charge in [0.2, 0.25) is 0 Å². The molecule has 4 nitrogen and oxygen atoms in total. The quantitative estimate of drug-likeness (QED) is 0.562. The molecule has 1 N–H and O–H groups in total. The molecule has 0 bridgehead atoms. The van der Waals surface area contributed by atoms with Crippen LogP contribution in [0.25, 0.3) is 0 Å². The van der Waals surface area contributed by atoms with Crippen LogP contribution < -0.4 is 0 Å². The Labute approximate surface area is 166 Å². The van der Waals surface area contributed by atoms with Crippen molar-refractivity contribution in [1.29, 1.82) is 0 Å². The molecule has 0 aliphatic heterocycles. The number of aliphatic hydroxyl groups excluding tert-OH is 1. The van der Waals surface area contributed by atoms with Gasteiger partial charge < -0.3 is 14.6 Å². The van der Waals surface area contributed by atoms with E-state index in [0.717, 1.165) is 63.7 Å². The summed E-state index contributed by atoms with van der Waals surface area (Å²) in [5, 5.41) is 10.1. The van der Waals surface area contributed by atoms with E-state index in [4.69, 9.17) is 9.47 Å². The smallest absolute Gasteiger partial charge is 0.178 e. The summed E-state index contributed by atoms with van der Waals surface area (Å²) < 4.78 is 11.4. The Bertz CT molecular complexity index is 453. The summed E-state index contributed by atoms with van der Waals surface area (Å²) in [5.41, 5.74) is 0.144. The Kier molecular flexibility index (Phi) is 8.33. The highest BCUT2D eigenvalue weighted by molar-refractivity contribution is 5.82. The molecular formula is C23H42O4.